The summed E-state index contributed by atoms with van der Waals surface area (Å²) in [6, 6.07) is 18.9. The lowest BCUT2D eigenvalue weighted by molar-refractivity contribution is 0.104. The van der Waals surface area contributed by atoms with E-state index in [-0.39, 0.29) is 5.78 Å². The van der Waals surface area contributed by atoms with Crippen LogP contribution in [0.3, 0.4) is 0 Å². The predicted molar refractivity (Wildman–Crippen MR) is 71.8 cm³/mol. The van der Waals surface area contributed by atoms with Gasteiger partial charge >= 0.3 is 0 Å². The van der Waals surface area contributed by atoms with Crippen molar-refractivity contribution >= 4 is 11.5 Å². The van der Waals surface area contributed by atoms with Crippen LogP contribution in [0.4, 0.5) is 5.69 Å². The molecule has 17 heavy (non-hydrogen) atoms. The number of ketones is 1. The maximum Gasteiger partial charge on any atom is 0.187 e. The number of para-hydroxylation sites is 1. The normalized spacial score (nSPS) is 8.71. The van der Waals surface area contributed by atoms with Gasteiger partial charge in [0.05, 0.1) is 0 Å². The van der Waals surface area contributed by atoms with Crippen molar-refractivity contribution in [3.63, 3.8) is 0 Å². The van der Waals surface area contributed by atoms with E-state index in [4.69, 9.17) is 5.73 Å². The summed E-state index contributed by atoms with van der Waals surface area (Å²) >= 11 is 0. The Morgan fingerprint density at radius 2 is 1.41 bits per heavy atom. The Bertz CT molecular complexity index is 451. The van der Waals surface area contributed by atoms with Crippen LogP contribution in [0.15, 0.2) is 73.3 Å². The number of allylic oxidation sites excluding steroid dienone is 1. The first kappa shape index (κ1) is 12.7. The third kappa shape index (κ3) is 4.34. The number of benzene rings is 2. The van der Waals surface area contributed by atoms with E-state index in [9.17, 15) is 4.79 Å². The number of anilines is 1. The molecule has 2 heteroatoms. The van der Waals surface area contributed by atoms with Gasteiger partial charge in [0.15, 0.2) is 5.78 Å². The van der Waals surface area contributed by atoms with Crippen molar-refractivity contribution in [2.45, 2.75) is 0 Å². The molecule has 2 rings (SSSR count). The van der Waals surface area contributed by atoms with Gasteiger partial charge in [0.2, 0.25) is 0 Å². The van der Waals surface area contributed by atoms with E-state index in [0.717, 1.165) is 0 Å². The number of nitrogen functional groups attached to an aromatic ring is 1. The van der Waals surface area contributed by atoms with Crippen molar-refractivity contribution in [3.05, 3.63) is 78.9 Å². The number of carbonyl (C=O) groups is 1. The lowest BCUT2D eigenvalue weighted by Gasteiger charge is -1.98. The molecule has 0 aliphatic heterocycles. The van der Waals surface area contributed by atoms with Gasteiger partial charge in [0.25, 0.3) is 0 Å². The van der Waals surface area contributed by atoms with E-state index in [0.29, 0.717) is 11.3 Å². The molecule has 0 spiro atoms. The Kier molecular flexibility index (Phi) is 5.25. The summed E-state index contributed by atoms with van der Waals surface area (Å²) in [5.41, 5.74) is 6.54. The Hall–Kier alpha value is -2.35. The van der Waals surface area contributed by atoms with Crippen molar-refractivity contribution in [1.82, 2.24) is 0 Å². The molecule has 86 valence electrons. The lowest BCUT2D eigenvalue weighted by Crippen LogP contribution is -1.99. The highest BCUT2D eigenvalue weighted by Crippen LogP contribution is 2.10. The monoisotopic (exact) mass is 225 g/mol. The van der Waals surface area contributed by atoms with Gasteiger partial charge in [-0.05, 0) is 18.2 Å². The number of nitrogens with two attached hydrogens (primary N) is 1. The smallest absolute Gasteiger partial charge is 0.187 e. The summed E-state index contributed by atoms with van der Waals surface area (Å²) in [6.07, 6.45) is 1.26. The third-order valence-corrected chi connectivity index (χ3v) is 2.08. The minimum Gasteiger partial charge on any atom is -0.398 e. The Balaban J connectivity index is 0.000000202. The van der Waals surface area contributed by atoms with E-state index >= 15 is 0 Å². The first-order chi connectivity index (χ1) is 8.25. The summed E-state index contributed by atoms with van der Waals surface area (Å²) in [5.74, 6) is -0.136. The van der Waals surface area contributed by atoms with Crippen LogP contribution in [0.5, 0.6) is 0 Å². The second-order valence-electron chi connectivity index (χ2n) is 3.31. The predicted octanol–water partition coefficient (Wildman–Crippen LogP) is 3.32. The minimum atomic E-state index is -0.136. The van der Waals surface area contributed by atoms with Crippen LogP contribution < -0.4 is 5.73 Å². The molecule has 2 aromatic rings. The van der Waals surface area contributed by atoms with Crippen LogP contribution >= 0.6 is 0 Å². The summed E-state index contributed by atoms with van der Waals surface area (Å²) in [7, 11) is 0. The highest BCUT2D eigenvalue weighted by Gasteiger charge is 2.02. The van der Waals surface area contributed by atoms with Crippen molar-refractivity contribution in [1.29, 1.82) is 0 Å². The number of carbonyl (C=O) groups excluding carboxylic acids is 1. The summed E-state index contributed by atoms with van der Waals surface area (Å²) in [5, 5.41) is 0. The molecule has 0 amide bonds. The molecule has 0 unspecified atom stereocenters. The van der Waals surface area contributed by atoms with E-state index in [2.05, 4.69) is 6.58 Å². The van der Waals surface area contributed by atoms with Crippen molar-refractivity contribution in [3.8, 4) is 0 Å². The molecule has 0 saturated carbocycles. The van der Waals surface area contributed by atoms with Crippen LogP contribution in [0.1, 0.15) is 10.4 Å². The van der Waals surface area contributed by atoms with Gasteiger partial charge in [0, 0.05) is 11.3 Å². The quantitative estimate of drug-likeness (QED) is 0.484. The second kappa shape index (κ2) is 7.01. The molecule has 0 radical (unpaired) electrons. The van der Waals surface area contributed by atoms with Gasteiger partial charge in [-0.15, -0.1) is 0 Å². The van der Waals surface area contributed by atoms with E-state index in [1.807, 2.05) is 36.4 Å². The van der Waals surface area contributed by atoms with E-state index in [1.54, 1.807) is 24.3 Å². The largest absolute Gasteiger partial charge is 0.398 e. The molecule has 0 fully saturated rings. The molecular weight excluding hydrogens is 210 g/mol. The molecule has 2 nitrogen and oxygen atoms in total. The molecular formula is C15H15NO. The fraction of sp³-hybridized carbons (Fsp3) is 0. The number of hydrogen-bond donors (Lipinski definition) is 1. The maximum absolute atomic E-state index is 11.0. The molecule has 2 aromatic carbocycles. The van der Waals surface area contributed by atoms with Gasteiger partial charge in [-0.3, -0.25) is 4.79 Å². The van der Waals surface area contributed by atoms with Crippen molar-refractivity contribution in [2.75, 3.05) is 5.73 Å². The summed E-state index contributed by atoms with van der Waals surface area (Å²) < 4.78 is 0. The molecule has 0 atom stereocenters. The number of rotatable bonds is 2. The van der Waals surface area contributed by atoms with Gasteiger partial charge in [-0.2, -0.15) is 0 Å². The van der Waals surface area contributed by atoms with Gasteiger partial charge in [0.1, 0.15) is 0 Å². The first-order valence-corrected chi connectivity index (χ1v) is 5.27. The SMILES string of the molecule is C=CC(=O)c1ccccc1N.c1ccccc1. The van der Waals surface area contributed by atoms with Gasteiger partial charge < -0.3 is 5.73 Å². The molecule has 0 aliphatic rings. The highest BCUT2D eigenvalue weighted by atomic mass is 16.1. The second-order valence-corrected chi connectivity index (χ2v) is 3.31. The molecule has 0 saturated heterocycles. The first-order valence-electron chi connectivity index (χ1n) is 5.27. The van der Waals surface area contributed by atoms with Crippen LogP contribution in [-0.2, 0) is 0 Å². The average molecular weight is 225 g/mol. The van der Waals surface area contributed by atoms with Gasteiger partial charge in [-0.1, -0.05) is 55.1 Å². The summed E-state index contributed by atoms with van der Waals surface area (Å²) in [4.78, 5) is 11.0. The van der Waals surface area contributed by atoms with E-state index < -0.39 is 0 Å². The van der Waals surface area contributed by atoms with Crippen LogP contribution in [0.2, 0.25) is 0 Å². The zero-order valence-corrected chi connectivity index (χ0v) is 9.54. The third-order valence-electron chi connectivity index (χ3n) is 2.08. The standard InChI is InChI=1S/C9H9NO.C6H6/c1-2-9(11)7-5-3-4-6-8(7)10;1-2-4-6-5-3-1/h2-6H,1,10H2;1-6H. The van der Waals surface area contributed by atoms with Crippen molar-refractivity contribution < 1.29 is 4.79 Å². The van der Waals surface area contributed by atoms with Crippen molar-refractivity contribution in [2.24, 2.45) is 0 Å². The minimum absolute atomic E-state index is 0.136. The maximum atomic E-state index is 11.0. The fourth-order valence-corrected chi connectivity index (χ4v) is 1.22. The van der Waals surface area contributed by atoms with Gasteiger partial charge in [-0.25, -0.2) is 0 Å². The van der Waals surface area contributed by atoms with E-state index in [1.165, 1.54) is 6.08 Å². The van der Waals surface area contributed by atoms with Crippen LogP contribution in [0.25, 0.3) is 0 Å². The topological polar surface area (TPSA) is 43.1 Å². The Labute approximate surface area is 101 Å². The zero-order chi connectivity index (χ0) is 12.5. The highest BCUT2D eigenvalue weighted by molar-refractivity contribution is 6.07. The molecule has 0 heterocycles. The average Bonchev–Trinajstić information content (AvgIpc) is 2.41. The Morgan fingerprint density at radius 3 is 1.82 bits per heavy atom. The molecule has 0 aliphatic carbocycles. The number of hydrogen-bond acceptors (Lipinski definition) is 2. The Morgan fingerprint density at radius 1 is 0.941 bits per heavy atom. The lowest BCUT2D eigenvalue weighted by atomic mass is 10.1. The molecule has 0 aromatic heterocycles. The van der Waals surface area contributed by atoms with Crippen LogP contribution in [0, 0.1) is 0 Å². The summed E-state index contributed by atoms with van der Waals surface area (Å²) in [6.45, 7) is 3.37. The molecule has 0 bridgehead atoms. The van der Waals surface area contributed by atoms with Crippen LogP contribution in [-0.4, -0.2) is 5.78 Å². The fourth-order valence-electron chi connectivity index (χ4n) is 1.22. The zero-order valence-electron chi connectivity index (χ0n) is 9.54. The molecule has 2 N–H and O–H groups in total.